The van der Waals surface area contributed by atoms with Crippen molar-refractivity contribution in [3.8, 4) is 0 Å². The Hall–Kier alpha value is -3.60. The molecule has 4 N–H and O–H groups in total. The average molecular weight is 556 g/mol. The van der Waals surface area contributed by atoms with Crippen molar-refractivity contribution in [3.05, 3.63) is 58.1 Å². The number of furan rings is 1. The van der Waals surface area contributed by atoms with Crippen LogP contribution in [0, 0.1) is 13.8 Å². The Balaban J connectivity index is 1.27. The van der Waals surface area contributed by atoms with E-state index in [4.69, 9.17) is 4.42 Å². The van der Waals surface area contributed by atoms with Gasteiger partial charge in [0.25, 0.3) is 5.91 Å². The zero-order valence-corrected chi connectivity index (χ0v) is 21.9. The van der Waals surface area contributed by atoms with E-state index in [0.717, 1.165) is 47.4 Å². The van der Waals surface area contributed by atoms with Gasteiger partial charge in [-0.2, -0.15) is 4.98 Å². The molecular weight excluding hydrogens is 526 g/mol. The van der Waals surface area contributed by atoms with Gasteiger partial charge in [-0.05, 0) is 78.9 Å². The van der Waals surface area contributed by atoms with Crippen LogP contribution in [0.15, 0.2) is 45.4 Å². The van der Waals surface area contributed by atoms with Gasteiger partial charge in [-0.25, -0.2) is 9.78 Å². The van der Waals surface area contributed by atoms with Gasteiger partial charge in [-0.15, -0.1) is 0 Å². The molecule has 2 aromatic heterocycles. The van der Waals surface area contributed by atoms with Gasteiger partial charge in [0.05, 0.1) is 4.47 Å². The van der Waals surface area contributed by atoms with Gasteiger partial charge >= 0.3 is 6.03 Å². The van der Waals surface area contributed by atoms with E-state index in [1.165, 1.54) is 0 Å². The quantitative estimate of drug-likeness (QED) is 0.272. The molecular formula is C25H30BrN7O3. The van der Waals surface area contributed by atoms with Crippen LogP contribution in [0.4, 0.5) is 27.9 Å². The molecule has 1 aliphatic rings. The maximum Gasteiger partial charge on any atom is 0.321 e. The lowest BCUT2D eigenvalue weighted by atomic mass is 10.3. The van der Waals surface area contributed by atoms with Crippen LogP contribution in [0.1, 0.15) is 41.1 Å². The van der Waals surface area contributed by atoms with E-state index in [0.29, 0.717) is 42.7 Å². The molecule has 0 bridgehead atoms. The third-order valence-corrected chi connectivity index (χ3v) is 6.41. The van der Waals surface area contributed by atoms with Crippen molar-refractivity contribution in [3.63, 3.8) is 0 Å². The van der Waals surface area contributed by atoms with E-state index < -0.39 is 0 Å². The first kappa shape index (κ1) is 25.5. The summed E-state index contributed by atoms with van der Waals surface area (Å²) in [7, 11) is 0. The van der Waals surface area contributed by atoms with Gasteiger partial charge in [-0.1, -0.05) is 6.07 Å². The third kappa shape index (κ3) is 6.75. The minimum Gasteiger partial charge on any atom is -0.456 e. The van der Waals surface area contributed by atoms with Gasteiger partial charge in [0.2, 0.25) is 5.95 Å². The first-order valence-corrected chi connectivity index (χ1v) is 12.7. The predicted molar refractivity (Wildman–Crippen MR) is 143 cm³/mol. The summed E-state index contributed by atoms with van der Waals surface area (Å²) in [6.07, 6.45) is 4.46. The van der Waals surface area contributed by atoms with Crippen molar-refractivity contribution in [1.82, 2.24) is 20.2 Å². The third-order valence-electron chi connectivity index (χ3n) is 5.83. The Labute approximate surface area is 218 Å². The number of hydrogen-bond acceptors (Lipinski definition) is 7. The van der Waals surface area contributed by atoms with Crippen LogP contribution >= 0.6 is 15.9 Å². The van der Waals surface area contributed by atoms with E-state index in [-0.39, 0.29) is 11.9 Å². The molecule has 1 aliphatic heterocycles. The summed E-state index contributed by atoms with van der Waals surface area (Å²) in [6, 6.07) is 9.10. The van der Waals surface area contributed by atoms with Crippen LogP contribution in [0.5, 0.6) is 0 Å². The molecule has 36 heavy (non-hydrogen) atoms. The highest BCUT2D eigenvalue weighted by molar-refractivity contribution is 9.10. The molecule has 1 fully saturated rings. The summed E-state index contributed by atoms with van der Waals surface area (Å²) in [5.41, 5.74) is 2.42. The van der Waals surface area contributed by atoms with Crippen molar-refractivity contribution in [2.24, 2.45) is 0 Å². The number of urea groups is 1. The zero-order chi connectivity index (χ0) is 25.5. The largest absolute Gasteiger partial charge is 0.456 e. The van der Waals surface area contributed by atoms with Crippen LogP contribution in [0.25, 0.3) is 0 Å². The summed E-state index contributed by atoms with van der Waals surface area (Å²) in [4.78, 5) is 35.2. The highest BCUT2D eigenvalue weighted by Gasteiger charge is 2.18. The normalized spacial score (nSPS) is 12.9. The summed E-state index contributed by atoms with van der Waals surface area (Å²) in [6.45, 7) is 6.43. The Morgan fingerprint density at radius 1 is 1.11 bits per heavy atom. The van der Waals surface area contributed by atoms with Crippen molar-refractivity contribution in [2.75, 3.05) is 42.1 Å². The maximum absolute atomic E-state index is 12.4. The van der Waals surface area contributed by atoms with E-state index in [1.54, 1.807) is 12.3 Å². The molecule has 1 aromatic carbocycles. The topological polar surface area (TPSA) is 124 Å². The monoisotopic (exact) mass is 555 g/mol. The molecule has 0 unspecified atom stereocenters. The molecule has 4 rings (SSSR count). The van der Waals surface area contributed by atoms with E-state index in [2.05, 4.69) is 47.2 Å². The van der Waals surface area contributed by atoms with Gasteiger partial charge < -0.3 is 30.6 Å². The number of likely N-dealkylation sites (tertiary alicyclic amines) is 1. The van der Waals surface area contributed by atoms with Gasteiger partial charge in [0.15, 0.2) is 5.76 Å². The first-order chi connectivity index (χ1) is 17.4. The zero-order valence-electron chi connectivity index (χ0n) is 20.4. The minimum absolute atomic E-state index is 0.0818. The molecule has 3 aromatic rings. The molecule has 11 heteroatoms. The van der Waals surface area contributed by atoms with E-state index in [1.807, 2.05) is 43.0 Å². The summed E-state index contributed by atoms with van der Waals surface area (Å²) >= 11 is 3.47. The summed E-state index contributed by atoms with van der Waals surface area (Å²) < 4.78 is 6.18. The fourth-order valence-electron chi connectivity index (χ4n) is 3.75. The van der Waals surface area contributed by atoms with E-state index >= 15 is 0 Å². The average Bonchev–Trinajstić information content (AvgIpc) is 3.51. The molecule has 0 aliphatic carbocycles. The number of hydrogen-bond donors (Lipinski definition) is 4. The Kier molecular flexibility index (Phi) is 8.42. The molecule has 10 nitrogen and oxygen atoms in total. The number of aryl methyl sites for hydroxylation is 2. The Morgan fingerprint density at radius 3 is 2.64 bits per heavy atom. The number of anilines is 4. The molecule has 0 radical (unpaired) electrons. The lowest BCUT2D eigenvalue weighted by Crippen LogP contribution is -2.32. The molecule has 190 valence electrons. The highest BCUT2D eigenvalue weighted by atomic mass is 79.9. The second-order valence-electron chi connectivity index (χ2n) is 8.61. The number of aromatic nitrogens is 2. The fourth-order valence-corrected chi connectivity index (χ4v) is 4.08. The van der Waals surface area contributed by atoms with Crippen LogP contribution in [-0.2, 0) is 0 Å². The number of carbonyl (C=O) groups excluding carboxylic acids is 2. The van der Waals surface area contributed by atoms with Gasteiger partial charge in [-0.3, -0.25) is 4.79 Å². The molecule has 0 spiro atoms. The highest BCUT2D eigenvalue weighted by Crippen LogP contribution is 2.23. The van der Waals surface area contributed by atoms with E-state index in [9.17, 15) is 9.59 Å². The number of nitrogens with zero attached hydrogens (tertiary/aromatic N) is 3. The SMILES string of the molecule is Cc1cc(C(=O)NCCCNc2nc(Nc3cccc(NC(=O)N4CCCC4)c3)ncc2Br)oc1C. The van der Waals surface area contributed by atoms with Crippen LogP contribution in [-0.4, -0.2) is 53.0 Å². The number of carbonyl (C=O) groups is 2. The van der Waals surface area contributed by atoms with Gasteiger partial charge in [0.1, 0.15) is 11.6 Å². The minimum atomic E-state index is -0.222. The molecule has 1 saturated heterocycles. The lowest BCUT2D eigenvalue weighted by molar-refractivity contribution is 0.0924. The predicted octanol–water partition coefficient (Wildman–Crippen LogP) is 5.05. The van der Waals surface area contributed by atoms with Crippen LogP contribution in [0.3, 0.4) is 0 Å². The maximum atomic E-state index is 12.4. The number of rotatable bonds is 9. The van der Waals surface area contributed by atoms with Crippen molar-refractivity contribution >= 4 is 51.0 Å². The first-order valence-electron chi connectivity index (χ1n) is 11.9. The van der Waals surface area contributed by atoms with Gasteiger partial charge in [0, 0.05) is 43.8 Å². The number of benzene rings is 1. The second kappa shape index (κ2) is 11.9. The van der Waals surface area contributed by atoms with Crippen molar-refractivity contribution in [2.45, 2.75) is 33.1 Å². The lowest BCUT2D eigenvalue weighted by Gasteiger charge is -2.16. The number of amides is 3. The van der Waals surface area contributed by atoms with Crippen molar-refractivity contribution < 1.29 is 14.0 Å². The second-order valence-corrected chi connectivity index (χ2v) is 9.46. The number of nitrogens with one attached hydrogen (secondary N) is 4. The van der Waals surface area contributed by atoms with Crippen LogP contribution < -0.4 is 21.3 Å². The molecule has 0 atom stereocenters. The molecule has 0 saturated carbocycles. The standard InChI is InChI=1S/C25H30BrN7O3/c1-16-13-21(36-17(16)2)23(34)28-10-6-9-27-22-20(26)15-29-24(32-22)30-18-7-5-8-19(14-18)31-25(35)33-11-3-4-12-33/h5,7-8,13-15H,3-4,6,9-12H2,1-2H3,(H,28,34)(H,31,35)(H2,27,29,30,32). The Bertz CT molecular complexity index is 1200. The summed E-state index contributed by atoms with van der Waals surface area (Å²) in [5.74, 6) is 1.90. The Morgan fingerprint density at radius 2 is 1.89 bits per heavy atom. The molecule has 3 amide bonds. The van der Waals surface area contributed by atoms with Crippen LogP contribution in [0.2, 0.25) is 0 Å². The van der Waals surface area contributed by atoms with Crippen molar-refractivity contribution in [1.29, 1.82) is 0 Å². The smallest absolute Gasteiger partial charge is 0.321 e. The number of halogens is 1. The molecule has 3 heterocycles. The fraction of sp³-hybridized carbons (Fsp3) is 0.360. The summed E-state index contributed by atoms with van der Waals surface area (Å²) in [5, 5.41) is 12.2.